The SMILES string of the molecule is O=C(C[NH+]1CCc2sccc2[C@@H]1c1cccs1)Nc1ccc2c(c1)OCCO2. The van der Waals surface area contributed by atoms with E-state index in [9.17, 15) is 4.79 Å². The second kappa shape index (κ2) is 7.58. The molecule has 2 N–H and O–H groups in total. The molecule has 144 valence electrons. The maximum absolute atomic E-state index is 12.8. The number of carbonyl (C=O) groups excluding carboxylic acids is 1. The minimum atomic E-state index is 0.0203. The van der Waals surface area contributed by atoms with Crippen molar-refractivity contribution in [3.8, 4) is 11.5 Å². The molecule has 0 radical (unpaired) electrons. The fourth-order valence-electron chi connectivity index (χ4n) is 3.98. The van der Waals surface area contributed by atoms with Crippen molar-refractivity contribution in [3.63, 3.8) is 0 Å². The van der Waals surface area contributed by atoms with E-state index in [1.165, 1.54) is 20.2 Å². The summed E-state index contributed by atoms with van der Waals surface area (Å²) in [5.41, 5.74) is 2.12. The largest absolute Gasteiger partial charge is 0.486 e. The molecule has 7 heteroatoms. The summed E-state index contributed by atoms with van der Waals surface area (Å²) in [6, 6.07) is 12.3. The highest BCUT2D eigenvalue weighted by Crippen LogP contribution is 2.33. The number of amides is 1. The summed E-state index contributed by atoms with van der Waals surface area (Å²) in [6.45, 7) is 2.50. The fourth-order valence-corrected chi connectivity index (χ4v) is 5.80. The number of ether oxygens (including phenoxy) is 2. The molecule has 5 rings (SSSR count). The van der Waals surface area contributed by atoms with Crippen molar-refractivity contribution in [2.24, 2.45) is 0 Å². The number of thiophene rings is 2. The lowest BCUT2D eigenvalue weighted by atomic mass is 9.98. The van der Waals surface area contributed by atoms with Gasteiger partial charge >= 0.3 is 0 Å². The second-order valence-electron chi connectivity index (χ2n) is 6.99. The number of hydrogen-bond donors (Lipinski definition) is 2. The third-order valence-corrected chi connectivity index (χ3v) is 7.15. The lowest BCUT2D eigenvalue weighted by Crippen LogP contribution is -3.14. The van der Waals surface area contributed by atoms with Crippen molar-refractivity contribution in [3.05, 3.63) is 62.5 Å². The number of nitrogens with one attached hydrogen (secondary N) is 2. The number of hydrogen-bond acceptors (Lipinski definition) is 5. The molecule has 2 aliphatic rings. The standard InChI is InChI=1S/C21H20N2O3S2/c24-20(22-14-3-4-16-17(12-14)26-9-8-25-16)13-23-7-5-18-15(6-11-28-18)21(23)19-2-1-10-27-19/h1-4,6,10-12,21H,5,7-9,13H2,(H,22,24)/p+1/t21-/m1/s1. The number of rotatable bonds is 4. The fraction of sp³-hybridized carbons (Fsp3) is 0.286. The highest BCUT2D eigenvalue weighted by atomic mass is 32.1. The molecule has 1 amide bonds. The van der Waals surface area contributed by atoms with Crippen molar-refractivity contribution in [1.29, 1.82) is 0 Å². The Hall–Kier alpha value is -2.35. The molecular formula is C21H21N2O3S2+. The summed E-state index contributed by atoms with van der Waals surface area (Å²) in [5, 5.41) is 7.32. The zero-order chi connectivity index (χ0) is 18.9. The molecule has 1 aromatic carbocycles. The Morgan fingerprint density at radius 2 is 2.00 bits per heavy atom. The van der Waals surface area contributed by atoms with Gasteiger partial charge in [-0.1, -0.05) is 6.07 Å². The Labute approximate surface area is 171 Å². The van der Waals surface area contributed by atoms with Crippen LogP contribution in [0.5, 0.6) is 11.5 Å². The number of quaternary nitrogens is 1. The van der Waals surface area contributed by atoms with Crippen molar-refractivity contribution in [2.75, 3.05) is 31.6 Å². The van der Waals surface area contributed by atoms with Gasteiger partial charge in [-0.2, -0.15) is 0 Å². The Bertz CT molecular complexity index is 983. The maximum atomic E-state index is 12.8. The minimum absolute atomic E-state index is 0.0203. The van der Waals surface area contributed by atoms with E-state index in [2.05, 4.69) is 34.3 Å². The third kappa shape index (κ3) is 3.41. The third-order valence-electron chi connectivity index (χ3n) is 5.21. The van der Waals surface area contributed by atoms with Crippen LogP contribution in [0, 0.1) is 0 Å². The van der Waals surface area contributed by atoms with Crippen molar-refractivity contribution >= 4 is 34.3 Å². The van der Waals surface area contributed by atoms with Crippen LogP contribution >= 0.6 is 22.7 Å². The summed E-state index contributed by atoms with van der Waals surface area (Å²) in [7, 11) is 0. The molecule has 1 unspecified atom stereocenters. The molecule has 0 fully saturated rings. The van der Waals surface area contributed by atoms with Gasteiger partial charge in [0.25, 0.3) is 5.91 Å². The van der Waals surface area contributed by atoms with E-state index in [0.717, 1.165) is 24.4 Å². The molecule has 5 nitrogen and oxygen atoms in total. The molecule has 0 saturated heterocycles. The first-order valence-electron chi connectivity index (χ1n) is 9.41. The molecular weight excluding hydrogens is 392 g/mol. The average Bonchev–Trinajstić information content (AvgIpc) is 3.39. The van der Waals surface area contributed by atoms with Gasteiger partial charge in [0.05, 0.1) is 11.4 Å². The van der Waals surface area contributed by atoms with E-state index in [1.54, 1.807) is 11.3 Å². The van der Waals surface area contributed by atoms with Crippen LogP contribution in [0.2, 0.25) is 0 Å². The van der Waals surface area contributed by atoms with E-state index in [1.807, 2.05) is 29.5 Å². The smallest absolute Gasteiger partial charge is 0.279 e. The van der Waals surface area contributed by atoms with E-state index >= 15 is 0 Å². The van der Waals surface area contributed by atoms with Crippen LogP contribution in [-0.4, -0.2) is 32.2 Å². The van der Waals surface area contributed by atoms with E-state index in [-0.39, 0.29) is 11.9 Å². The van der Waals surface area contributed by atoms with Gasteiger partial charge in [-0.05, 0) is 35.0 Å². The molecule has 2 atom stereocenters. The van der Waals surface area contributed by atoms with Crippen LogP contribution in [0.1, 0.15) is 21.4 Å². The number of benzene rings is 1. The zero-order valence-corrected chi connectivity index (χ0v) is 16.9. The van der Waals surface area contributed by atoms with Crippen molar-refractivity contribution in [1.82, 2.24) is 0 Å². The van der Waals surface area contributed by atoms with Crippen molar-refractivity contribution < 1.29 is 19.2 Å². The first kappa shape index (κ1) is 17.7. The van der Waals surface area contributed by atoms with E-state index < -0.39 is 0 Å². The number of anilines is 1. The second-order valence-corrected chi connectivity index (χ2v) is 8.97. The molecule has 0 aliphatic carbocycles. The highest BCUT2D eigenvalue weighted by molar-refractivity contribution is 7.10. The molecule has 0 saturated carbocycles. The van der Waals surface area contributed by atoms with Crippen LogP contribution in [0.15, 0.2) is 47.2 Å². The van der Waals surface area contributed by atoms with E-state index in [0.29, 0.717) is 25.5 Å². The first-order valence-corrected chi connectivity index (χ1v) is 11.2. The van der Waals surface area contributed by atoms with Gasteiger partial charge in [-0.3, -0.25) is 4.79 Å². The lowest BCUT2D eigenvalue weighted by Gasteiger charge is -2.31. The van der Waals surface area contributed by atoms with Gasteiger partial charge < -0.3 is 19.7 Å². The predicted molar refractivity (Wildman–Crippen MR) is 111 cm³/mol. The highest BCUT2D eigenvalue weighted by Gasteiger charge is 2.35. The van der Waals surface area contributed by atoms with Gasteiger partial charge in [0.15, 0.2) is 18.0 Å². The van der Waals surface area contributed by atoms with Gasteiger partial charge in [-0.15, -0.1) is 22.7 Å². The molecule has 2 aromatic heterocycles. The molecule has 28 heavy (non-hydrogen) atoms. The quantitative estimate of drug-likeness (QED) is 0.692. The predicted octanol–water partition coefficient (Wildman–Crippen LogP) is 2.75. The molecule has 4 heterocycles. The van der Waals surface area contributed by atoms with Crippen molar-refractivity contribution in [2.45, 2.75) is 12.5 Å². The van der Waals surface area contributed by atoms with Crippen LogP contribution in [-0.2, 0) is 11.2 Å². The van der Waals surface area contributed by atoms with Crippen LogP contribution in [0.3, 0.4) is 0 Å². The Morgan fingerprint density at radius 1 is 1.11 bits per heavy atom. The van der Waals surface area contributed by atoms with Gasteiger partial charge in [0.1, 0.15) is 19.3 Å². The minimum Gasteiger partial charge on any atom is -0.486 e. The van der Waals surface area contributed by atoms with Crippen LogP contribution in [0.4, 0.5) is 5.69 Å². The summed E-state index contributed by atoms with van der Waals surface area (Å²) in [4.78, 5) is 16.9. The number of carbonyl (C=O) groups is 1. The summed E-state index contributed by atoms with van der Waals surface area (Å²) >= 11 is 3.60. The Kier molecular flexibility index (Phi) is 4.80. The molecule has 3 aromatic rings. The summed E-state index contributed by atoms with van der Waals surface area (Å²) in [6.07, 6.45) is 1.03. The van der Waals surface area contributed by atoms with Gasteiger partial charge in [0, 0.05) is 28.6 Å². The normalized spacial score (nSPS) is 20.4. The van der Waals surface area contributed by atoms with Crippen LogP contribution < -0.4 is 19.7 Å². The Morgan fingerprint density at radius 3 is 2.86 bits per heavy atom. The number of fused-ring (bicyclic) bond motifs is 2. The average molecular weight is 414 g/mol. The van der Waals surface area contributed by atoms with Gasteiger partial charge in [-0.25, -0.2) is 0 Å². The lowest BCUT2D eigenvalue weighted by molar-refractivity contribution is -0.919. The Balaban J connectivity index is 1.33. The summed E-state index contributed by atoms with van der Waals surface area (Å²) < 4.78 is 11.2. The van der Waals surface area contributed by atoms with Gasteiger partial charge in [0.2, 0.25) is 0 Å². The maximum Gasteiger partial charge on any atom is 0.279 e. The van der Waals surface area contributed by atoms with E-state index in [4.69, 9.17) is 9.47 Å². The first-order chi connectivity index (χ1) is 13.8. The summed E-state index contributed by atoms with van der Waals surface area (Å²) in [5.74, 6) is 1.44. The molecule has 2 aliphatic heterocycles. The zero-order valence-electron chi connectivity index (χ0n) is 15.3. The monoisotopic (exact) mass is 413 g/mol. The van der Waals surface area contributed by atoms with Crippen LogP contribution in [0.25, 0.3) is 0 Å². The topological polar surface area (TPSA) is 52.0 Å². The molecule has 0 bridgehead atoms. The molecule has 0 spiro atoms.